The lowest BCUT2D eigenvalue weighted by molar-refractivity contribution is -0.142. The van der Waals surface area contributed by atoms with E-state index in [1.807, 2.05) is 0 Å². The monoisotopic (exact) mass is 334 g/mol. The number of thioether (sulfide) groups is 1. The Labute approximate surface area is 137 Å². The number of rotatable bonds is 15. The third kappa shape index (κ3) is 11.9. The fourth-order valence-corrected chi connectivity index (χ4v) is 2.63. The Hall–Kier alpha value is -0.725. The lowest BCUT2D eigenvalue weighted by atomic mass is 9.85. The van der Waals surface area contributed by atoms with Crippen molar-refractivity contribution in [1.82, 2.24) is 0 Å². The number of unbranched alkanes of at least 4 members (excludes halogenated alkanes) is 2. The lowest BCUT2D eigenvalue weighted by Gasteiger charge is -2.15. The summed E-state index contributed by atoms with van der Waals surface area (Å²) in [5, 5.41) is 16.8. The normalized spacial score (nSPS) is 12.1. The SMILES string of the molecule is CCCCOB(CCSC(CC(=O)O)C(=O)O)OCCCC. The first-order valence-electron chi connectivity index (χ1n) is 7.80. The summed E-state index contributed by atoms with van der Waals surface area (Å²) in [4.78, 5) is 21.6. The van der Waals surface area contributed by atoms with E-state index in [9.17, 15) is 9.59 Å². The van der Waals surface area contributed by atoms with Crippen molar-refractivity contribution in [2.24, 2.45) is 0 Å². The van der Waals surface area contributed by atoms with Gasteiger partial charge in [0.2, 0.25) is 0 Å². The first-order valence-corrected chi connectivity index (χ1v) is 8.85. The summed E-state index contributed by atoms with van der Waals surface area (Å²) in [7, 11) is -0.343. The van der Waals surface area contributed by atoms with E-state index in [0.29, 0.717) is 25.3 Å². The van der Waals surface area contributed by atoms with Crippen LogP contribution in [0.3, 0.4) is 0 Å². The van der Waals surface area contributed by atoms with E-state index in [-0.39, 0.29) is 13.5 Å². The van der Waals surface area contributed by atoms with Gasteiger partial charge in [-0.3, -0.25) is 9.59 Å². The van der Waals surface area contributed by atoms with Crippen LogP contribution in [0.2, 0.25) is 6.32 Å². The molecular formula is C14H27BO6S. The largest absolute Gasteiger partial charge is 0.481 e. The summed E-state index contributed by atoms with van der Waals surface area (Å²) in [5.41, 5.74) is 0. The van der Waals surface area contributed by atoms with E-state index in [4.69, 9.17) is 19.5 Å². The molecule has 0 saturated heterocycles. The number of aliphatic carboxylic acids is 2. The standard InChI is InChI=1S/C14H27BO6S/c1-3-5-8-20-15(21-9-6-4-2)7-10-22-12(14(18)19)11-13(16)17/h12H,3-11H2,1-2H3,(H,16,17)(H,18,19). The van der Waals surface area contributed by atoms with E-state index in [2.05, 4.69) is 13.8 Å². The molecule has 2 N–H and O–H groups in total. The smallest absolute Gasteiger partial charge is 0.457 e. The summed E-state index contributed by atoms with van der Waals surface area (Å²) in [6.07, 6.45) is 4.17. The molecule has 0 aromatic heterocycles. The average molecular weight is 334 g/mol. The Morgan fingerprint density at radius 1 is 1.09 bits per heavy atom. The van der Waals surface area contributed by atoms with Crippen LogP contribution in [0, 0.1) is 0 Å². The second-order valence-corrected chi connectivity index (χ2v) is 6.27. The van der Waals surface area contributed by atoms with Gasteiger partial charge in [0.25, 0.3) is 0 Å². The molecule has 1 atom stereocenters. The molecule has 22 heavy (non-hydrogen) atoms. The molecule has 6 nitrogen and oxygen atoms in total. The zero-order valence-corrected chi connectivity index (χ0v) is 14.3. The first-order chi connectivity index (χ1) is 10.5. The predicted octanol–water partition coefficient (Wildman–Crippen LogP) is 2.77. The Bertz CT molecular complexity index is 306. The molecule has 0 heterocycles. The van der Waals surface area contributed by atoms with E-state index < -0.39 is 17.2 Å². The van der Waals surface area contributed by atoms with Crippen molar-refractivity contribution < 1.29 is 29.1 Å². The molecule has 0 rings (SSSR count). The van der Waals surface area contributed by atoms with E-state index in [0.717, 1.165) is 37.4 Å². The van der Waals surface area contributed by atoms with Crippen LogP contribution in [0.4, 0.5) is 0 Å². The van der Waals surface area contributed by atoms with Gasteiger partial charge in [0.1, 0.15) is 5.25 Å². The van der Waals surface area contributed by atoms with Gasteiger partial charge >= 0.3 is 19.1 Å². The summed E-state index contributed by atoms with van der Waals surface area (Å²) >= 11 is 1.12. The Balaban J connectivity index is 4.15. The van der Waals surface area contributed by atoms with Gasteiger partial charge in [-0.15, -0.1) is 11.8 Å². The zero-order chi connectivity index (χ0) is 16.8. The third-order valence-corrected chi connectivity index (χ3v) is 4.15. The highest BCUT2D eigenvalue weighted by molar-refractivity contribution is 8.00. The number of carbonyl (C=O) groups is 2. The Morgan fingerprint density at radius 2 is 1.64 bits per heavy atom. The highest BCUT2D eigenvalue weighted by Gasteiger charge is 2.24. The van der Waals surface area contributed by atoms with Crippen molar-refractivity contribution >= 4 is 30.8 Å². The minimum atomic E-state index is -1.10. The molecule has 0 aromatic rings. The van der Waals surface area contributed by atoms with Crippen molar-refractivity contribution in [2.45, 2.75) is 57.5 Å². The van der Waals surface area contributed by atoms with E-state index in [1.54, 1.807) is 0 Å². The van der Waals surface area contributed by atoms with Crippen LogP contribution in [-0.4, -0.2) is 53.5 Å². The Kier molecular flexibility index (Phi) is 13.4. The fraction of sp³-hybridized carbons (Fsp3) is 0.857. The minimum Gasteiger partial charge on any atom is -0.481 e. The van der Waals surface area contributed by atoms with Crippen molar-refractivity contribution in [2.75, 3.05) is 19.0 Å². The molecule has 0 radical (unpaired) electrons. The van der Waals surface area contributed by atoms with Crippen LogP contribution < -0.4 is 0 Å². The molecule has 0 spiro atoms. The van der Waals surface area contributed by atoms with Gasteiger partial charge in [-0.2, -0.15) is 0 Å². The number of carboxylic acid groups (broad SMARTS) is 2. The van der Waals surface area contributed by atoms with E-state index >= 15 is 0 Å². The molecule has 0 aromatic carbocycles. The molecule has 1 unspecified atom stereocenters. The lowest BCUT2D eigenvalue weighted by Crippen LogP contribution is -2.26. The molecule has 0 aliphatic carbocycles. The number of hydrogen-bond acceptors (Lipinski definition) is 5. The second-order valence-electron chi connectivity index (χ2n) is 4.96. The van der Waals surface area contributed by atoms with Crippen LogP contribution in [0.1, 0.15) is 46.0 Å². The molecule has 0 fully saturated rings. The van der Waals surface area contributed by atoms with E-state index in [1.165, 1.54) is 0 Å². The van der Waals surface area contributed by atoms with Gasteiger partial charge in [-0.05, 0) is 24.9 Å². The highest BCUT2D eigenvalue weighted by atomic mass is 32.2. The predicted molar refractivity (Wildman–Crippen MR) is 88.4 cm³/mol. The molecule has 0 aliphatic rings. The number of hydrogen-bond donors (Lipinski definition) is 2. The van der Waals surface area contributed by atoms with Crippen molar-refractivity contribution in [3.63, 3.8) is 0 Å². The molecular weight excluding hydrogens is 307 g/mol. The van der Waals surface area contributed by atoms with Gasteiger partial charge in [0, 0.05) is 13.2 Å². The van der Waals surface area contributed by atoms with Crippen LogP contribution in [0.5, 0.6) is 0 Å². The van der Waals surface area contributed by atoms with Crippen LogP contribution in [0.15, 0.2) is 0 Å². The summed E-state index contributed by atoms with van der Waals surface area (Å²) in [6.45, 7) is 5.40. The van der Waals surface area contributed by atoms with Gasteiger partial charge in [0.15, 0.2) is 0 Å². The maximum Gasteiger partial charge on any atom is 0.457 e. The fourth-order valence-electron chi connectivity index (χ4n) is 1.62. The van der Waals surface area contributed by atoms with Gasteiger partial charge in [-0.1, -0.05) is 26.7 Å². The van der Waals surface area contributed by atoms with Crippen molar-refractivity contribution in [3.8, 4) is 0 Å². The van der Waals surface area contributed by atoms with Crippen molar-refractivity contribution in [3.05, 3.63) is 0 Å². The van der Waals surface area contributed by atoms with Gasteiger partial charge in [-0.25, -0.2) is 0 Å². The molecule has 0 amide bonds. The highest BCUT2D eigenvalue weighted by Crippen LogP contribution is 2.18. The summed E-state index contributed by atoms with van der Waals surface area (Å²) in [6, 6.07) is 0. The summed E-state index contributed by atoms with van der Waals surface area (Å²) < 4.78 is 11.3. The molecule has 128 valence electrons. The van der Waals surface area contributed by atoms with Gasteiger partial charge in [0.05, 0.1) is 6.42 Å². The topological polar surface area (TPSA) is 93.1 Å². The average Bonchev–Trinajstić information content (AvgIpc) is 2.45. The molecule has 0 aliphatic heterocycles. The maximum atomic E-state index is 11.0. The molecule has 0 saturated carbocycles. The van der Waals surface area contributed by atoms with Gasteiger partial charge < -0.3 is 19.5 Å². The first kappa shape index (κ1) is 21.3. The maximum absolute atomic E-state index is 11.0. The Morgan fingerprint density at radius 3 is 2.05 bits per heavy atom. The zero-order valence-electron chi connectivity index (χ0n) is 13.5. The molecule has 0 bridgehead atoms. The summed E-state index contributed by atoms with van der Waals surface area (Å²) in [5.74, 6) is -1.70. The number of carboxylic acids is 2. The molecule has 8 heteroatoms. The quantitative estimate of drug-likeness (QED) is 0.351. The van der Waals surface area contributed by atoms with Crippen LogP contribution >= 0.6 is 11.8 Å². The minimum absolute atomic E-state index is 0.343. The van der Waals surface area contributed by atoms with Crippen LogP contribution in [0.25, 0.3) is 0 Å². The second kappa shape index (κ2) is 13.9. The van der Waals surface area contributed by atoms with Crippen molar-refractivity contribution in [1.29, 1.82) is 0 Å². The third-order valence-electron chi connectivity index (χ3n) is 2.91. The van der Waals surface area contributed by atoms with Crippen LogP contribution in [-0.2, 0) is 18.9 Å².